The van der Waals surface area contributed by atoms with E-state index in [1.54, 1.807) is 11.3 Å². The standard InChI is InChI=1S/C13H12N4OS/c18-12-15-9-4-1-7(5-10(9)16-12)11-6-19-13(17-11)14-8-2-3-8/h1,4-6,8H,2-3H2,(H,14,17)(H2,15,16,18). The zero-order chi connectivity index (χ0) is 12.8. The minimum atomic E-state index is -0.179. The van der Waals surface area contributed by atoms with Gasteiger partial charge < -0.3 is 15.3 Å². The number of benzene rings is 1. The van der Waals surface area contributed by atoms with Gasteiger partial charge >= 0.3 is 5.69 Å². The summed E-state index contributed by atoms with van der Waals surface area (Å²) in [4.78, 5) is 21.3. The number of imidazole rings is 1. The van der Waals surface area contributed by atoms with Crippen LogP contribution in [0.5, 0.6) is 0 Å². The van der Waals surface area contributed by atoms with Crippen molar-refractivity contribution in [1.29, 1.82) is 0 Å². The van der Waals surface area contributed by atoms with Gasteiger partial charge in [-0.1, -0.05) is 6.07 Å². The summed E-state index contributed by atoms with van der Waals surface area (Å²) in [5, 5.41) is 6.40. The minimum Gasteiger partial charge on any atom is -0.359 e. The van der Waals surface area contributed by atoms with Crippen molar-refractivity contribution in [3.05, 3.63) is 34.1 Å². The molecular weight excluding hydrogens is 260 g/mol. The average molecular weight is 272 g/mol. The molecule has 5 nitrogen and oxygen atoms in total. The molecule has 0 radical (unpaired) electrons. The molecule has 1 saturated carbocycles. The Balaban J connectivity index is 1.71. The van der Waals surface area contributed by atoms with Gasteiger partial charge in [-0.2, -0.15) is 0 Å². The Morgan fingerprint density at radius 3 is 2.95 bits per heavy atom. The largest absolute Gasteiger partial charge is 0.359 e. The number of nitrogens with zero attached hydrogens (tertiary/aromatic N) is 1. The minimum absolute atomic E-state index is 0.179. The quantitative estimate of drug-likeness (QED) is 0.686. The van der Waals surface area contributed by atoms with Gasteiger partial charge in [-0.15, -0.1) is 11.3 Å². The number of anilines is 1. The second kappa shape index (κ2) is 3.96. The average Bonchev–Trinajstić information content (AvgIpc) is 2.94. The molecule has 19 heavy (non-hydrogen) atoms. The van der Waals surface area contributed by atoms with Gasteiger partial charge in [0.25, 0.3) is 0 Å². The molecule has 2 heterocycles. The molecule has 0 spiro atoms. The van der Waals surface area contributed by atoms with E-state index < -0.39 is 0 Å². The van der Waals surface area contributed by atoms with Crippen LogP contribution in [-0.4, -0.2) is 21.0 Å². The first-order valence-electron chi connectivity index (χ1n) is 6.22. The van der Waals surface area contributed by atoms with E-state index in [4.69, 9.17) is 0 Å². The van der Waals surface area contributed by atoms with Crippen molar-refractivity contribution in [3.8, 4) is 11.3 Å². The van der Waals surface area contributed by atoms with Gasteiger partial charge in [-0.25, -0.2) is 9.78 Å². The van der Waals surface area contributed by atoms with Crippen molar-refractivity contribution < 1.29 is 0 Å². The van der Waals surface area contributed by atoms with Crippen LogP contribution in [0.1, 0.15) is 12.8 Å². The lowest BCUT2D eigenvalue weighted by molar-refractivity contribution is 1.14. The number of hydrogen-bond acceptors (Lipinski definition) is 4. The van der Waals surface area contributed by atoms with Crippen LogP contribution in [0.3, 0.4) is 0 Å². The Morgan fingerprint density at radius 2 is 2.11 bits per heavy atom. The molecule has 1 fully saturated rings. The molecule has 6 heteroatoms. The monoisotopic (exact) mass is 272 g/mol. The highest BCUT2D eigenvalue weighted by Gasteiger charge is 2.22. The van der Waals surface area contributed by atoms with Gasteiger partial charge in [-0.05, 0) is 25.0 Å². The lowest BCUT2D eigenvalue weighted by Crippen LogP contribution is -1.99. The molecule has 0 saturated heterocycles. The van der Waals surface area contributed by atoms with Gasteiger partial charge in [-0.3, -0.25) is 0 Å². The van der Waals surface area contributed by atoms with E-state index in [0.29, 0.717) is 6.04 Å². The maximum absolute atomic E-state index is 11.2. The molecule has 4 rings (SSSR count). The summed E-state index contributed by atoms with van der Waals surface area (Å²) in [6.45, 7) is 0. The number of aromatic nitrogens is 3. The molecule has 0 amide bonds. The Morgan fingerprint density at radius 1 is 1.26 bits per heavy atom. The number of aromatic amines is 2. The van der Waals surface area contributed by atoms with Crippen LogP contribution in [0, 0.1) is 0 Å². The van der Waals surface area contributed by atoms with Gasteiger partial charge in [0.1, 0.15) is 0 Å². The number of hydrogen-bond donors (Lipinski definition) is 3. The highest BCUT2D eigenvalue weighted by molar-refractivity contribution is 7.14. The molecular formula is C13H12N4OS. The summed E-state index contributed by atoms with van der Waals surface area (Å²) in [7, 11) is 0. The first-order chi connectivity index (χ1) is 9.28. The highest BCUT2D eigenvalue weighted by atomic mass is 32.1. The van der Waals surface area contributed by atoms with Crippen LogP contribution in [0.2, 0.25) is 0 Å². The first-order valence-corrected chi connectivity index (χ1v) is 7.10. The lowest BCUT2D eigenvalue weighted by atomic mass is 10.1. The fourth-order valence-electron chi connectivity index (χ4n) is 2.07. The van der Waals surface area contributed by atoms with Crippen LogP contribution < -0.4 is 11.0 Å². The summed E-state index contributed by atoms with van der Waals surface area (Å²) >= 11 is 1.62. The lowest BCUT2D eigenvalue weighted by Gasteiger charge is -1.98. The van der Waals surface area contributed by atoms with Gasteiger partial charge in [0.05, 0.1) is 16.7 Å². The fourth-order valence-corrected chi connectivity index (χ4v) is 2.86. The summed E-state index contributed by atoms with van der Waals surface area (Å²) in [6.07, 6.45) is 2.48. The zero-order valence-electron chi connectivity index (χ0n) is 10.1. The first kappa shape index (κ1) is 10.8. The van der Waals surface area contributed by atoms with Gasteiger partial charge in [0.2, 0.25) is 0 Å². The van der Waals surface area contributed by atoms with Crippen LogP contribution in [-0.2, 0) is 0 Å². The Hall–Kier alpha value is -2.08. The molecule has 2 aromatic heterocycles. The number of fused-ring (bicyclic) bond motifs is 1. The second-order valence-electron chi connectivity index (χ2n) is 4.80. The summed E-state index contributed by atoms with van der Waals surface area (Å²) in [6, 6.07) is 6.43. The smallest absolute Gasteiger partial charge is 0.323 e. The third-order valence-electron chi connectivity index (χ3n) is 3.22. The number of H-pyrrole nitrogens is 2. The molecule has 1 aromatic carbocycles. The SMILES string of the molecule is O=c1[nH]c2ccc(-c3csc(NC4CC4)n3)cc2[nH]1. The summed E-state index contributed by atoms with van der Waals surface area (Å²) in [5.74, 6) is 0. The van der Waals surface area contributed by atoms with Crippen molar-refractivity contribution in [3.63, 3.8) is 0 Å². The van der Waals surface area contributed by atoms with Gasteiger partial charge in [0.15, 0.2) is 5.13 Å². The molecule has 0 unspecified atom stereocenters. The second-order valence-corrected chi connectivity index (χ2v) is 5.65. The molecule has 0 bridgehead atoms. The highest BCUT2D eigenvalue weighted by Crippen LogP contribution is 2.30. The predicted molar refractivity (Wildman–Crippen MR) is 76.7 cm³/mol. The molecule has 1 aliphatic rings. The summed E-state index contributed by atoms with van der Waals surface area (Å²) < 4.78 is 0. The Labute approximate surface area is 112 Å². The Kier molecular flexibility index (Phi) is 2.25. The number of rotatable bonds is 3. The van der Waals surface area contributed by atoms with Crippen molar-refractivity contribution in [2.24, 2.45) is 0 Å². The van der Waals surface area contributed by atoms with Crippen LogP contribution in [0.15, 0.2) is 28.4 Å². The van der Waals surface area contributed by atoms with E-state index in [1.165, 1.54) is 12.8 Å². The van der Waals surface area contributed by atoms with E-state index >= 15 is 0 Å². The maximum atomic E-state index is 11.2. The number of nitrogens with one attached hydrogen (secondary N) is 3. The molecule has 3 aromatic rings. The molecule has 0 aliphatic heterocycles. The van der Waals surface area contributed by atoms with E-state index in [2.05, 4.69) is 20.3 Å². The number of thiazole rings is 1. The van der Waals surface area contributed by atoms with E-state index in [1.807, 2.05) is 23.6 Å². The van der Waals surface area contributed by atoms with Crippen LogP contribution in [0.4, 0.5) is 5.13 Å². The van der Waals surface area contributed by atoms with Crippen molar-refractivity contribution in [1.82, 2.24) is 15.0 Å². The molecule has 0 atom stereocenters. The fraction of sp³-hybridized carbons (Fsp3) is 0.231. The molecule has 3 N–H and O–H groups in total. The third-order valence-corrected chi connectivity index (χ3v) is 3.99. The third kappa shape index (κ3) is 2.04. The van der Waals surface area contributed by atoms with Gasteiger partial charge in [0, 0.05) is 17.0 Å². The topological polar surface area (TPSA) is 73.6 Å². The van der Waals surface area contributed by atoms with E-state index in [9.17, 15) is 4.79 Å². The van der Waals surface area contributed by atoms with Crippen LogP contribution in [0.25, 0.3) is 22.3 Å². The normalized spacial score (nSPS) is 14.9. The predicted octanol–water partition coefficient (Wildman–Crippen LogP) is 2.55. The molecule has 1 aliphatic carbocycles. The zero-order valence-corrected chi connectivity index (χ0v) is 10.9. The molecule has 96 valence electrons. The van der Waals surface area contributed by atoms with Crippen molar-refractivity contribution in [2.75, 3.05) is 5.32 Å². The summed E-state index contributed by atoms with van der Waals surface area (Å²) in [5.41, 5.74) is 3.41. The Bertz CT molecular complexity index is 796. The van der Waals surface area contributed by atoms with E-state index in [-0.39, 0.29) is 5.69 Å². The van der Waals surface area contributed by atoms with Crippen molar-refractivity contribution in [2.45, 2.75) is 18.9 Å². The van der Waals surface area contributed by atoms with Crippen molar-refractivity contribution >= 4 is 27.5 Å². The van der Waals surface area contributed by atoms with E-state index in [0.717, 1.165) is 27.4 Å². The maximum Gasteiger partial charge on any atom is 0.323 e. The van der Waals surface area contributed by atoms with Crippen LogP contribution >= 0.6 is 11.3 Å².